The van der Waals surface area contributed by atoms with E-state index in [2.05, 4.69) is 0 Å². The van der Waals surface area contributed by atoms with Crippen molar-refractivity contribution in [1.29, 1.82) is 0 Å². The third-order valence-electron chi connectivity index (χ3n) is 4.01. The Hall–Kier alpha value is -0.570. The van der Waals surface area contributed by atoms with Gasteiger partial charge >= 0.3 is 5.97 Å². The average molecular weight is 225 g/mol. The van der Waals surface area contributed by atoms with Crippen LogP contribution in [0.25, 0.3) is 0 Å². The van der Waals surface area contributed by atoms with E-state index < -0.39 is 0 Å². The number of esters is 1. The van der Waals surface area contributed by atoms with Crippen molar-refractivity contribution in [3.05, 3.63) is 0 Å². The van der Waals surface area contributed by atoms with Crippen LogP contribution in [0, 0.1) is 11.8 Å². The standard InChI is InChI=1S/C13H23NO2/c1-2-16-12(15)9-13(14)7-3-4-11(8-13)10-5-6-10/h10-11H,2-9,14H2,1H3. The van der Waals surface area contributed by atoms with E-state index >= 15 is 0 Å². The van der Waals surface area contributed by atoms with Gasteiger partial charge in [-0.05, 0) is 44.4 Å². The van der Waals surface area contributed by atoms with Gasteiger partial charge in [-0.2, -0.15) is 0 Å². The second-order valence-corrected chi connectivity index (χ2v) is 5.54. The molecule has 2 rings (SSSR count). The van der Waals surface area contributed by atoms with Gasteiger partial charge in [-0.3, -0.25) is 4.79 Å². The van der Waals surface area contributed by atoms with Crippen molar-refractivity contribution >= 4 is 5.97 Å². The minimum Gasteiger partial charge on any atom is -0.466 e. The molecule has 0 spiro atoms. The Balaban J connectivity index is 1.87. The zero-order valence-electron chi connectivity index (χ0n) is 10.2. The van der Waals surface area contributed by atoms with Gasteiger partial charge in [0, 0.05) is 5.54 Å². The Kier molecular flexibility index (Phi) is 3.53. The van der Waals surface area contributed by atoms with Crippen LogP contribution in [0.5, 0.6) is 0 Å². The lowest BCUT2D eigenvalue weighted by Crippen LogP contribution is -2.46. The first-order valence-corrected chi connectivity index (χ1v) is 6.57. The van der Waals surface area contributed by atoms with E-state index in [0.717, 1.165) is 24.7 Å². The summed E-state index contributed by atoms with van der Waals surface area (Å²) in [4.78, 5) is 11.5. The van der Waals surface area contributed by atoms with E-state index in [1.807, 2.05) is 6.92 Å². The van der Waals surface area contributed by atoms with Crippen LogP contribution in [-0.2, 0) is 9.53 Å². The lowest BCUT2D eigenvalue weighted by molar-refractivity contribution is -0.145. The molecule has 2 aliphatic rings. The van der Waals surface area contributed by atoms with Crippen molar-refractivity contribution in [3.63, 3.8) is 0 Å². The highest BCUT2D eigenvalue weighted by molar-refractivity contribution is 5.70. The summed E-state index contributed by atoms with van der Waals surface area (Å²) in [6.07, 6.45) is 7.65. The quantitative estimate of drug-likeness (QED) is 0.746. The van der Waals surface area contributed by atoms with Crippen molar-refractivity contribution in [3.8, 4) is 0 Å². The average Bonchev–Trinajstić information content (AvgIpc) is 2.99. The van der Waals surface area contributed by atoms with Crippen molar-refractivity contribution in [1.82, 2.24) is 0 Å². The number of hydrogen-bond acceptors (Lipinski definition) is 3. The topological polar surface area (TPSA) is 52.3 Å². The Morgan fingerprint density at radius 3 is 2.75 bits per heavy atom. The molecule has 2 unspecified atom stereocenters. The number of carbonyl (C=O) groups is 1. The number of carbonyl (C=O) groups excluding carboxylic acids is 1. The molecule has 0 bridgehead atoms. The minimum absolute atomic E-state index is 0.124. The number of hydrogen-bond donors (Lipinski definition) is 1. The van der Waals surface area contributed by atoms with Crippen molar-refractivity contribution < 1.29 is 9.53 Å². The molecule has 0 saturated heterocycles. The monoisotopic (exact) mass is 225 g/mol. The van der Waals surface area contributed by atoms with Gasteiger partial charge in [0.1, 0.15) is 0 Å². The van der Waals surface area contributed by atoms with E-state index in [1.165, 1.54) is 25.7 Å². The highest BCUT2D eigenvalue weighted by atomic mass is 16.5. The fraction of sp³-hybridized carbons (Fsp3) is 0.923. The third-order valence-corrected chi connectivity index (χ3v) is 4.01. The van der Waals surface area contributed by atoms with E-state index in [9.17, 15) is 4.79 Å². The third kappa shape index (κ3) is 2.97. The fourth-order valence-corrected chi connectivity index (χ4v) is 3.07. The van der Waals surface area contributed by atoms with Gasteiger partial charge in [0.15, 0.2) is 0 Å². The molecule has 0 aliphatic heterocycles. The molecule has 0 aromatic heterocycles. The zero-order valence-corrected chi connectivity index (χ0v) is 10.2. The van der Waals surface area contributed by atoms with Crippen molar-refractivity contribution in [2.75, 3.05) is 6.61 Å². The predicted octanol–water partition coefficient (Wildman–Crippen LogP) is 2.24. The van der Waals surface area contributed by atoms with E-state index in [4.69, 9.17) is 10.5 Å². The summed E-state index contributed by atoms with van der Waals surface area (Å²) in [7, 11) is 0. The van der Waals surface area contributed by atoms with Crippen LogP contribution in [0.15, 0.2) is 0 Å². The highest BCUT2D eigenvalue weighted by Crippen LogP contribution is 2.46. The van der Waals surface area contributed by atoms with Gasteiger partial charge in [-0.25, -0.2) is 0 Å². The van der Waals surface area contributed by atoms with Gasteiger partial charge in [-0.15, -0.1) is 0 Å². The molecule has 2 N–H and O–H groups in total. The maximum Gasteiger partial charge on any atom is 0.307 e. The van der Waals surface area contributed by atoms with Crippen LogP contribution in [-0.4, -0.2) is 18.1 Å². The molecular weight excluding hydrogens is 202 g/mol. The smallest absolute Gasteiger partial charge is 0.307 e. The van der Waals surface area contributed by atoms with Gasteiger partial charge in [0.25, 0.3) is 0 Å². The summed E-state index contributed by atoms with van der Waals surface area (Å²) < 4.78 is 5.00. The Morgan fingerprint density at radius 2 is 2.12 bits per heavy atom. The molecular formula is C13H23NO2. The van der Waals surface area contributed by atoms with Gasteiger partial charge < -0.3 is 10.5 Å². The number of rotatable bonds is 4. The molecule has 0 radical (unpaired) electrons. The van der Waals surface area contributed by atoms with Gasteiger partial charge in [0.2, 0.25) is 0 Å². The molecule has 0 aromatic rings. The largest absolute Gasteiger partial charge is 0.466 e. The van der Waals surface area contributed by atoms with Crippen LogP contribution in [0.2, 0.25) is 0 Å². The second kappa shape index (κ2) is 4.74. The van der Waals surface area contributed by atoms with E-state index in [0.29, 0.717) is 13.0 Å². The van der Waals surface area contributed by atoms with E-state index in [1.54, 1.807) is 0 Å². The summed E-state index contributed by atoms with van der Waals surface area (Å²) in [5.74, 6) is 1.56. The molecule has 0 amide bonds. The zero-order chi connectivity index (χ0) is 11.6. The lowest BCUT2D eigenvalue weighted by atomic mass is 9.73. The Morgan fingerprint density at radius 1 is 1.38 bits per heavy atom. The molecule has 3 heteroatoms. The fourth-order valence-electron chi connectivity index (χ4n) is 3.07. The first-order chi connectivity index (χ1) is 7.63. The van der Waals surface area contributed by atoms with Crippen molar-refractivity contribution in [2.45, 2.75) is 57.4 Å². The number of nitrogens with two attached hydrogens (primary N) is 1. The summed E-state index contributed by atoms with van der Waals surface area (Å²) in [6, 6.07) is 0. The maximum absolute atomic E-state index is 11.5. The molecule has 2 saturated carbocycles. The summed E-state index contributed by atoms with van der Waals surface area (Å²) in [5, 5.41) is 0. The minimum atomic E-state index is -0.280. The SMILES string of the molecule is CCOC(=O)CC1(N)CCCC(C2CC2)C1. The summed E-state index contributed by atoms with van der Waals surface area (Å²) in [5.41, 5.74) is 6.07. The molecule has 0 heterocycles. The van der Waals surface area contributed by atoms with Crippen molar-refractivity contribution in [2.24, 2.45) is 17.6 Å². The first kappa shape index (κ1) is 11.9. The molecule has 16 heavy (non-hydrogen) atoms. The normalized spacial score (nSPS) is 34.8. The lowest BCUT2D eigenvalue weighted by Gasteiger charge is -2.37. The maximum atomic E-state index is 11.5. The van der Waals surface area contributed by atoms with Gasteiger partial charge in [0.05, 0.1) is 13.0 Å². The molecule has 2 aliphatic carbocycles. The summed E-state index contributed by atoms with van der Waals surface area (Å²) >= 11 is 0. The van der Waals surface area contributed by atoms with Crippen LogP contribution < -0.4 is 5.73 Å². The molecule has 2 atom stereocenters. The van der Waals surface area contributed by atoms with Crippen LogP contribution in [0.4, 0.5) is 0 Å². The second-order valence-electron chi connectivity index (χ2n) is 5.54. The Bertz CT molecular complexity index is 263. The predicted molar refractivity (Wildman–Crippen MR) is 62.9 cm³/mol. The van der Waals surface area contributed by atoms with E-state index in [-0.39, 0.29) is 11.5 Å². The molecule has 3 nitrogen and oxygen atoms in total. The van der Waals surface area contributed by atoms with Crippen LogP contribution in [0.3, 0.4) is 0 Å². The van der Waals surface area contributed by atoms with Crippen LogP contribution in [0.1, 0.15) is 51.9 Å². The van der Waals surface area contributed by atoms with Gasteiger partial charge in [-0.1, -0.05) is 12.8 Å². The Labute approximate surface area is 97.7 Å². The number of ether oxygens (including phenoxy) is 1. The first-order valence-electron chi connectivity index (χ1n) is 6.57. The molecule has 0 aromatic carbocycles. The molecule has 2 fully saturated rings. The highest BCUT2D eigenvalue weighted by Gasteiger charge is 2.41. The summed E-state index contributed by atoms with van der Waals surface area (Å²) in [6.45, 7) is 2.30. The molecule has 92 valence electrons. The van der Waals surface area contributed by atoms with Crippen LogP contribution >= 0.6 is 0 Å².